The molecule has 2 aromatic rings. The normalized spacial score (nSPS) is 10.8. The number of carbonyl (C=O) groups is 1. The largest absolute Gasteiger partial charge is 0.383 e. The maximum atomic E-state index is 12.6. The fraction of sp³-hybridized carbons (Fsp3) is 0.231. The fourth-order valence-electron chi connectivity index (χ4n) is 1.71. The molecule has 0 bridgehead atoms. The zero-order valence-corrected chi connectivity index (χ0v) is 14.5. The highest BCUT2D eigenvalue weighted by molar-refractivity contribution is 9.10. The molecule has 1 aromatic heterocycles. The molecule has 1 aromatic carbocycles. The van der Waals surface area contributed by atoms with Crippen molar-refractivity contribution in [1.29, 1.82) is 0 Å². The highest BCUT2D eigenvalue weighted by Crippen LogP contribution is 2.26. The van der Waals surface area contributed by atoms with Crippen molar-refractivity contribution in [3.63, 3.8) is 0 Å². The van der Waals surface area contributed by atoms with Crippen molar-refractivity contribution in [2.45, 2.75) is 6.54 Å². The van der Waals surface area contributed by atoms with Gasteiger partial charge in [0.2, 0.25) is 5.78 Å². The van der Waals surface area contributed by atoms with E-state index in [0.717, 1.165) is 4.47 Å². The Hall–Kier alpha value is -0.690. The zero-order valence-electron chi connectivity index (χ0n) is 10.6. The van der Waals surface area contributed by atoms with Crippen molar-refractivity contribution in [2.24, 2.45) is 0 Å². The number of benzene rings is 1. The number of aromatic nitrogens is 2. The number of halogens is 3. The van der Waals surface area contributed by atoms with Crippen LogP contribution in [0.15, 0.2) is 33.3 Å². The number of methoxy groups -OCH3 is 1. The molecule has 0 aliphatic carbocycles. The number of hydrogen-bond acceptors (Lipinski definition) is 3. The van der Waals surface area contributed by atoms with Gasteiger partial charge in [-0.1, -0.05) is 11.6 Å². The average molecular weight is 423 g/mol. The van der Waals surface area contributed by atoms with Crippen LogP contribution in [0.5, 0.6) is 0 Å². The Balaban J connectivity index is 2.37. The van der Waals surface area contributed by atoms with Crippen molar-refractivity contribution < 1.29 is 9.53 Å². The lowest BCUT2D eigenvalue weighted by Gasteiger charge is -2.07. The minimum atomic E-state index is -0.139. The Morgan fingerprint density at radius 2 is 2.15 bits per heavy atom. The van der Waals surface area contributed by atoms with Crippen LogP contribution in [-0.4, -0.2) is 29.3 Å². The van der Waals surface area contributed by atoms with Gasteiger partial charge in [-0.3, -0.25) is 9.48 Å². The first kappa shape index (κ1) is 15.7. The molecule has 0 aliphatic heterocycles. The number of ether oxygens (including phenoxy) is 1. The molecule has 0 fully saturated rings. The van der Waals surface area contributed by atoms with E-state index in [0.29, 0.717) is 33.9 Å². The van der Waals surface area contributed by atoms with E-state index in [2.05, 4.69) is 37.0 Å². The first-order valence-corrected chi connectivity index (χ1v) is 7.71. The van der Waals surface area contributed by atoms with Crippen LogP contribution in [0.3, 0.4) is 0 Å². The van der Waals surface area contributed by atoms with Crippen LogP contribution in [0.25, 0.3) is 0 Å². The molecule has 0 saturated carbocycles. The molecule has 1 heterocycles. The van der Waals surface area contributed by atoms with Gasteiger partial charge in [-0.15, -0.1) is 0 Å². The zero-order chi connectivity index (χ0) is 14.7. The highest BCUT2D eigenvalue weighted by Gasteiger charge is 2.19. The van der Waals surface area contributed by atoms with Gasteiger partial charge in [0.25, 0.3) is 0 Å². The van der Waals surface area contributed by atoms with Crippen LogP contribution in [0.1, 0.15) is 16.1 Å². The van der Waals surface area contributed by atoms with E-state index in [1.807, 2.05) is 0 Å². The summed E-state index contributed by atoms with van der Waals surface area (Å²) in [6.45, 7) is 0.989. The number of rotatable bonds is 5. The Bertz CT molecular complexity index is 643. The Kier molecular flexibility index (Phi) is 5.37. The first-order chi connectivity index (χ1) is 9.54. The van der Waals surface area contributed by atoms with Crippen LogP contribution in [0.2, 0.25) is 5.02 Å². The average Bonchev–Trinajstić information content (AvgIpc) is 2.80. The summed E-state index contributed by atoms with van der Waals surface area (Å²) in [5.41, 5.74) is 0.999. The second-order valence-electron chi connectivity index (χ2n) is 4.02. The first-order valence-electron chi connectivity index (χ1n) is 5.74. The van der Waals surface area contributed by atoms with Crippen LogP contribution in [0.4, 0.5) is 0 Å². The summed E-state index contributed by atoms with van der Waals surface area (Å²) >= 11 is 12.7. The van der Waals surface area contributed by atoms with Crippen molar-refractivity contribution in [3.8, 4) is 0 Å². The Morgan fingerprint density at radius 1 is 1.40 bits per heavy atom. The quantitative estimate of drug-likeness (QED) is 0.686. The van der Waals surface area contributed by atoms with Crippen LogP contribution in [0, 0.1) is 0 Å². The van der Waals surface area contributed by atoms with Crippen LogP contribution in [-0.2, 0) is 11.3 Å². The molecule has 0 spiro atoms. The molecule has 20 heavy (non-hydrogen) atoms. The summed E-state index contributed by atoms with van der Waals surface area (Å²) in [7, 11) is 1.61. The fourth-order valence-corrected chi connectivity index (χ4v) is 2.61. The minimum Gasteiger partial charge on any atom is -0.383 e. The van der Waals surface area contributed by atoms with Gasteiger partial charge in [-0.2, -0.15) is 5.10 Å². The molecule has 0 N–H and O–H groups in total. The molecule has 7 heteroatoms. The standard InChI is InChI=1S/C13H11Br2ClN2O2/c1-20-5-4-18-12(10(15)7-17-18)13(19)8-2-3-9(14)11(16)6-8/h2-3,6-7H,4-5H2,1H3. The van der Waals surface area contributed by atoms with Gasteiger partial charge < -0.3 is 4.74 Å². The second-order valence-corrected chi connectivity index (χ2v) is 6.13. The van der Waals surface area contributed by atoms with E-state index in [1.54, 1.807) is 36.2 Å². The van der Waals surface area contributed by atoms with Crippen LogP contribution < -0.4 is 0 Å². The van der Waals surface area contributed by atoms with E-state index in [-0.39, 0.29) is 5.78 Å². The highest BCUT2D eigenvalue weighted by atomic mass is 79.9. The number of ketones is 1. The molecule has 4 nitrogen and oxygen atoms in total. The predicted octanol–water partition coefficient (Wildman–Crippen LogP) is 3.94. The molecule has 0 radical (unpaired) electrons. The molecule has 0 atom stereocenters. The smallest absolute Gasteiger partial charge is 0.212 e. The molecule has 0 amide bonds. The van der Waals surface area contributed by atoms with E-state index >= 15 is 0 Å². The molecular formula is C13H11Br2ClN2O2. The lowest BCUT2D eigenvalue weighted by Crippen LogP contribution is -2.14. The van der Waals surface area contributed by atoms with Gasteiger partial charge in [0.05, 0.1) is 28.8 Å². The van der Waals surface area contributed by atoms with Crippen molar-refractivity contribution in [1.82, 2.24) is 9.78 Å². The van der Waals surface area contributed by atoms with Gasteiger partial charge in [-0.05, 0) is 50.1 Å². The molecule has 0 aliphatic rings. The maximum Gasteiger partial charge on any atom is 0.212 e. The third-order valence-electron chi connectivity index (χ3n) is 2.70. The summed E-state index contributed by atoms with van der Waals surface area (Å²) < 4.78 is 8.04. The van der Waals surface area contributed by atoms with Gasteiger partial charge in [0.1, 0.15) is 5.69 Å². The molecule has 106 valence electrons. The second kappa shape index (κ2) is 6.85. The van der Waals surface area contributed by atoms with E-state index in [9.17, 15) is 4.79 Å². The molecule has 0 saturated heterocycles. The van der Waals surface area contributed by atoms with E-state index in [4.69, 9.17) is 16.3 Å². The number of carbonyl (C=O) groups excluding carboxylic acids is 1. The monoisotopic (exact) mass is 420 g/mol. The summed E-state index contributed by atoms with van der Waals surface area (Å²) in [6, 6.07) is 5.10. The van der Waals surface area contributed by atoms with Crippen LogP contribution >= 0.6 is 43.5 Å². The van der Waals surface area contributed by atoms with Crippen molar-refractivity contribution in [2.75, 3.05) is 13.7 Å². The summed E-state index contributed by atoms with van der Waals surface area (Å²) in [5.74, 6) is -0.139. The maximum absolute atomic E-state index is 12.6. The number of nitrogens with zero attached hydrogens (tertiary/aromatic N) is 2. The minimum absolute atomic E-state index is 0.139. The predicted molar refractivity (Wildman–Crippen MR) is 84.4 cm³/mol. The summed E-state index contributed by atoms with van der Waals surface area (Å²) in [5, 5.41) is 4.66. The third kappa shape index (κ3) is 3.31. The lowest BCUT2D eigenvalue weighted by atomic mass is 10.1. The van der Waals surface area contributed by atoms with E-state index < -0.39 is 0 Å². The van der Waals surface area contributed by atoms with Gasteiger partial charge in [-0.25, -0.2) is 0 Å². The summed E-state index contributed by atoms with van der Waals surface area (Å²) in [6.07, 6.45) is 1.60. The van der Waals surface area contributed by atoms with Gasteiger partial charge in [0.15, 0.2) is 0 Å². The van der Waals surface area contributed by atoms with Gasteiger partial charge in [0, 0.05) is 17.1 Å². The third-order valence-corrected chi connectivity index (χ3v) is 4.51. The van der Waals surface area contributed by atoms with E-state index in [1.165, 1.54) is 0 Å². The Morgan fingerprint density at radius 3 is 2.80 bits per heavy atom. The summed E-state index contributed by atoms with van der Waals surface area (Å²) in [4.78, 5) is 12.6. The Labute approximate surface area is 138 Å². The molecule has 2 rings (SSSR count). The van der Waals surface area contributed by atoms with Crippen molar-refractivity contribution >= 4 is 49.2 Å². The van der Waals surface area contributed by atoms with Gasteiger partial charge >= 0.3 is 0 Å². The molecule has 0 unspecified atom stereocenters. The lowest BCUT2D eigenvalue weighted by molar-refractivity contribution is 0.102. The molecular weight excluding hydrogens is 411 g/mol. The van der Waals surface area contributed by atoms with Crippen molar-refractivity contribution in [3.05, 3.63) is 49.6 Å². The SMILES string of the molecule is COCCn1ncc(Br)c1C(=O)c1ccc(Br)c(Cl)c1. The topological polar surface area (TPSA) is 44.1 Å². The number of hydrogen-bond donors (Lipinski definition) is 0.